The van der Waals surface area contributed by atoms with Gasteiger partial charge >= 0.3 is 0 Å². The van der Waals surface area contributed by atoms with E-state index in [2.05, 4.69) is 5.32 Å². The molecule has 1 spiro atoms. The normalized spacial score (nSPS) is 21.4. The van der Waals surface area contributed by atoms with E-state index in [4.69, 9.17) is 9.15 Å². The summed E-state index contributed by atoms with van der Waals surface area (Å²) < 4.78 is 10.8. The summed E-state index contributed by atoms with van der Waals surface area (Å²) in [5.41, 5.74) is 1.12. The van der Waals surface area contributed by atoms with Crippen LogP contribution in [-0.2, 0) is 9.53 Å². The monoisotopic (exact) mass is 368 g/mol. The highest BCUT2D eigenvalue weighted by Gasteiger charge is 2.52. The molecule has 3 heterocycles. The van der Waals surface area contributed by atoms with Gasteiger partial charge < -0.3 is 19.4 Å². The lowest BCUT2D eigenvalue weighted by atomic mass is 9.71. The molecule has 1 atom stereocenters. The zero-order chi connectivity index (χ0) is 18.9. The van der Waals surface area contributed by atoms with Gasteiger partial charge in [0, 0.05) is 37.4 Å². The second-order valence-corrected chi connectivity index (χ2v) is 7.46. The maximum absolute atomic E-state index is 13.1. The first-order valence-corrected chi connectivity index (χ1v) is 9.36. The average molecular weight is 368 g/mol. The van der Waals surface area contributed by atoms with Crippen LogP contribution in [0.15, 0.2) is 47.1 Å². The summed E-state index contributed by atoms with van der Waals surface area (Å²) in [6, 6.07) is 11.2. The van der Waals surface area contributed by atoms with Crippen molar-refractivity contribution in [3.05, 3.63) is 54.0 Å². The third-order valence-electron chi connectivity index (χ3n) is 5.87. The number of likely N-dealkylation sites (tertiary alicyclic amines) is 1. The van der Waals surface area contributed by atoms with Crippen molar-refractivity contribution < 1.29 is 18.7 Å². The molecule has 2 aromatic rings. The zero-order valence-electron chi connectivity index (χ0n) is 15.4. The number of carbonyl (C=O) groups excluding carboxylic acids is 2. The van der Waals surface area contributed by atoms with Gasteiger partial charge in [0.05, 0.1) is 17.7 Å². The number of hydrogen-bond donors (Lipinski definition) is 1. The smallest absolute Gasteiger partial charge is 0.257 e. The predicted molar refractivity (Wildman–Crippen MR) is 100 cm³/mol. The van der Waals surface area contributed by atoms with Gasteiger partial charge in [0.15, 0.2) is 0 Å². The van der Waals surface area contributed by atoms with E-state index in [9.17, 15) is 9.59 Å². The Hall–Kier alpha value is -2.60. The minimum atomic E-state index is -0.252. The van der Waals surface area contributed by atoms with Crippen LogP contribution in [0.1, 0.15) is 29.0 Å². The Bertz CT molecular complexity index is 824. The molecule has 6 heteroatoms. The molecule has 1 unspecified atom stereocenters. The molecule has 2 amide bonds. The van der Waals surface area contributed by atoms with Gasteiger partial charge in [-0.2, -0.15) is 0 Å². The Morgan fingerprint density at radius 2 is 1.89 bits per heavy atom. The van der Waals surface area contributed by atoms with Gasteiger partial charge in [-0.1, -0.05) is 18.2 Å². The number of hydrogen-bond acceptors (Lipinski definition) is 4. The molecule has 6 nitrogen and oxygen atoms in total. The van der Waals surface area contributed by atoms with Crippen LogP contribution >= 0.6 is 0 Å². The fourth-order valence-electron chi connectivity index (χ4n) is 4.30. The summed E-state index contributed by atoms with van der Waals surface area (Å²) >= 11 is 0. The number of carbonyl (C=O) groups is 2. The Morgan fingerprint density at radius 1 is 1.15 bits per heavy atom. The van der Waals surface area contributed by atoms with Crippen LogP contribution in [0.3, 0.4) is 0 Å². The van der Waals surface area contributed by atoms with Crippen molar-refractivity contribution in [2.24, 2.45) is 11.3 Å². The summed E-state index contributed by atoms with van der Waals surface area (Å²) in [6.07, 6.45) is 3.10. The van der Waals surface area contributed by atoms with Gasteiger partial charge in [0.25, 0.3) is 5.91 Å². The summed E-state index contributed by atoms with van der Waals surface area (Å²) in [7, 11) is 0. The Balaban J connectivity index is 1.57. The molecule has 2 saturated heterocycles. The van der Waals surface area contributed by atoms with Crippen LogP contribution < -0.4 is 5.32 Å². The van der Waals surface area contributed by atoms with Crippen molar-refractivity contribution in [3.8, 4) is 0 Å². The average Bonchev–Trinajstić information content (AvgIpc) is 3.27. The van der Waals surface area contributed by atoms with Crippen LogP contribution in [0.4, 0.5) is 5.69 Å². The summed E-state index contributed by atoms with van der Waals surface area (Å²) in [6.45, 7) is 4.03. The molecular formula is C21H24N2O4. The minimum Gasteiger partial charge on any atom is -0.469 e. The summed E-state index contributed by atoms with van der Waals surface area (Å²) in [5.74, 6) is 0.264. The number of nitrogens with one attached hydrogen (secondary N) is 1. The van der Waals surface area contributed by atoms with E-state index in [0.717, 1.165) is 18.5 Å². The van der Waals surface area contributed by atoms with Crippen molar-refractivity contribution in [1.82, 2.24) is 4.90 Å². The van der Waals surface area contributed by atoms with Crippen molar-refractivity contribution in [2.45, 2.75) is 19.8 Å². The number of aryl methyl sites for hydroxylation is 1. The molecule has 2 fully saturated rings. The quantitative estimate of drug-likeness (QED) is 0.904. The van der Waals surface area contributed by atoms with Crippen LogP contribution in [0.5, 0.6) is 0 Å². The largest absolute Gasteiger partial charge is 0.469 e. The number of anilines is 1. The van der Waals surface area contributed by atoms with E-state index in [0.29, 0.717) is 37.6 Å². The van der Waals surface area contributed by atoms with Gasteiger partial charge in [0.1, 0.15) is 5.76 Å². The van der Waals surface area contributed by atoms with E-state index in [1.807, 2.05) is 30.3 Å². The first-order valence-electron chi connectivity index (χ1n) is 9.36. The van der Waals surface area contributed by atoms with E-state index >= 15 is 0 Å². The highest BCUT2D eigenvalue weighted by Crippen LogP contribution is 2.45. The molecule has 1 aromatic carbocycles. The lowest BCUT2D eigenvalue weighted by Gasteiger charge is -2.37. The van der Waals surface area contributed by atoms with Crippen molar-refractivity contribution in [1.29, 1.82) is 0 Å². The number of rotatable bonds is 3. The van der Waals surface area contributed by atoms with Crippen molar-refractivity contribution in [3.63, 3.8) is 0 Å². The van der Waals surface area contributed by atoms with Crippen molar-refractivity contribution >= 4 is 17.5 Å². The van der Waals surface area contributed by atoms with Crippen LogP contribution in [-0.4, -0.2) is 43.0 Å². The molecule has 2 aliphatic rings. The highest BCUT2D eigenvalue weighted by atomic mass is 16.5. The molecule has 0 bridgehead atoms. The lowest BCUT2D eigenvalue weighted by Crippen LogP contribution is -2.42. The van der Waals surface area contributed by atoms with Gasteiger partial charge in [-0.25, -0.2) is 0 Å². The molecule has 4 rings (SSSR count). The number of furan rings is 1. The minimum absolute atomic E-state index is 0.0256. The van der Waals surface area contributed by atoms with Crippen LogP contribution in [0.2, 0.25) is 0 Å². The Morgan fingerprint density at radius 3 is 2.56 bits per heavy atom. The van der Waals surface area contributed by atoms with Gasteiger partial charge in [0.2, 0.25) is 5.91 Å². The number of nitrogens with zero attached hydrogens (tertiary/aromatic N) is 1. The van der Waals surface area contributed by atoms with E-state index in [-0.39, 0.29) is 23.1 Å². The standard InChI is InChI=1S/C21H24N2O4/c1-15-17(7-10-27-15)20(25)23-13-18(21(14-23)8-11-26-12-9-21)19(24)22-16-5-3-2-4-6-16/h2-7,10,18H,8-9,11-14H2,1H3,(H,22,24). The molecule has 1 aromatic heterocycles. The maximum atomic E-state index is 13.1. The lowest BCUT2D eigenvalue weighted by molar-refractivity contribution is -0.124. The molecule has 142 valence electrons. The van der Waals surface area contributed by atoms with Gasteiger partial charge in [-0.15, -0.1) is 0 Å². The third kappa shape index (κ3) is 3.37. The molecule has 1 N–H and O–H groups in total. The molecule has 2 aliphatic heterocycles. The number of amides is 2. The van der Waals surface area contributed by atoms with Gasteiger partial charge in [-0.3, -0.25) is 9.59 Å². The Labute approximate surface area is 158 Å². The summed E-state index contributed by atoms with van der Waals surface area (Å²) in [4.78, 5) is 27.9. The molecular weight excluding hydrogens is 344 g/mol. The van der Waals surface area contributed by atoms with Crippen LogP contribution in [0.25, 0.3) is 0 Å². The van der Waals surface area contributed by atoms with E-state index < -0.39 is 0 Å². The first-order chi connectivity index (χ1) is 13.1. The third-order valence-corrected chi connectivity index (χ3v) is 5.87. The summed E-state index contributed by atoms with van der Waals surface area (Å²) in [5, 5.41) is 3.02. The van der Waals surface area contributed by atoms with E-state index in [1.54, 1.807) is 17.9 Å². The van der Waals surface area contributed by atoms with Crippen LogP contribution in [0, 0.1) is 18.3 Å². The number of ether oxygens (including phenoxy) is 1. The fraction of sp³-hybridized carbons (Fsp3) is 0.429. The van der Waals surface area contributed by atoms with Gasteiger partial charge in [-0.05, 0) is 38.0 Å². The molecule has 0 aliphatic carbocycles. The topological polar surface area (TPSA) is 71.8 Å². The van der Waals surface area contributed by atoms with E-state index in [1.165, 1.54) is 6.26 Å². The SMILES string of the molecule is Cc1occc1C(=O)N1CC(C(=O)Nc2ccccc2)C2(CCOCC2)C1. The molecule has 27 heavy (non-hydrogen) atoms. The number of benzene rings is 1. The van der Waals surface area contributed by atoms with Crippen molar-refractivity contribution in [2.75, 3.05) is 31.6 Å². The fourth-order valence-corrected chi connectivity index (χ4v) is 4.30. The first kappa shape index (κ1) is 17.8. The maximum Gasteiger partial charge on any atom is 0.257 e. The number of para-hydroxylation sites is 1. The molecule has 0 saturated carbocycles. The second-order valence-electron chi connectivity index (χ2n) is 7.46. The highest BCUT2D eigenvalue weighted by molar-refractivity contribution is 5.97. The Kier molecular flexibility index (Phi) is 4.74. The molecule has 0 radical (unpaired) electrons. The predicted octanol–water partition coefficient (Wildman–Crippen LogP) is 3.10. The zero-order valence-corrected chi connectivity index (χ0v) is 15.4. The second kappa shape index (κ2) is 7.19.